The summed E-state index contributed by atoms with van der Waals surface area (Å²) in [5, 5.41) is 8.86. The zero-order valence-electron chi connectivity index (χ0n) is 10.5. The summed E-state index contributed by atoms with van der Waals surface area (Å²) in [6, 6.07) is 5.71. The molecule has 1 saturated heterocycles. The molecule has 1 aliphatic rings. The van der Waals surface area contributed by atoms with Crippen molar-refractivity contribution in [3.05, 3.63) is 23.8 Å². The van der Waals surface area contributed by atoms with Crippen LogP contribution in [0, 0.1) is 0 Å². The number of benzene rings is 1. The van der Waals surface area contributed by atoms with E-state index in [1.165, 1.54) is 0 Å². The van der Waals surface area contributed by atoms with E-state index in [1.54, 1.807) is 7.11 Å². The lowest BCUT2D eigenvalue weighted by molar-refractivity contribution is 0.153. The summed E-state index contributed by atoms with van der Waals surface area (Å²) >= 11 is 1.97. The fourth-order valence-corrected chi connectivity index (χ4v) is 3.10. The van der Waals surface area contributed by atoms with Crippen molar-refractivity contribution in [2.75, 3.05) is 18.6 Å². The highest BCUT2D eigenvalue weighted by Crippen LogP contribution is 2.34. The summed E-state index contributed by atoms with van der Waals surface area (Å²) in [6.45, 7) is 0.355. The minimum Gasteiger partial charge on any atom is -0.493 e. The van der Waals surface area contributed by atoms with E-state index < -0.39 is 0 Å². The molecule has 0 unspecified atom stereocenters. The van der Waals surface area contributed by atoms with Crippen LogP contribution in [0.2, 0.25) is 0 Å². The minimum atomic E-state index is 0.250. The van der Waals surface area contributed by atoms with Crippen molar-refractivity contribution in [2.24, 2.45) is 0 Å². The molecule has 0 aromatic heterocycles. The predicted octanol–water partition coefficient (Wildman–Crippen LogP) is 2.45. The van der Waals surface area contributed by atoms with Gasteiger partial charge in [0.15, 0.2) is 11.5 Å². The van der Waals surface area contributed by atoms with Gasteiger partial charge in [-0.1, -0.05) is 12.1 Å². The van der Waals surface area contributed by atoms with Gasteiger partial charge in [0.1, 0.15) is 6.10 Å². The standard InChI is InChI=1S/C13H19NO3S/c1-16-12-4-2-3-10(9-14-15)13(12)17-11-5-7-18-8-6-11/h2-4,11,14-15H,5-9H2,1H3. The number of para-hydroxylation sites is 1. The van der Waals surface area contributed by atoms with Crippen LogP contribution in [0.25, 0.3) is 0 Å². The number of ether oxygens (including phenoxy) is 2. The summed E-state index contributed by atoms with van der Waals surface area (Å²) < 4.78 is 11.4. The molecule has 18 heavy (non-hydrogen) atoms. The van der Waals surface area contributed by atoms with Gasteiger partial charge in [0.25, 0.3) is 0 Å². The lowest BCUT2D eigenvalue weighted by Crippen LogP contribution is -2.23. The van der Waals surface area contributed by atoms with Gasteiger partial charge in [-0.3, -0.25) is 0 Å². The molecule has 1 fully saturated rings. The highest BCUT2D eigenvalue weighted by molar-refractivity contribution is 7.99. The van der Waals surface area contributed by atoms with Gasteiger partial charge >= 0.3 is 0 Å². The van der Waals surface area contributed by atoms with Crippen LogP contribution >= 0.6 is 11.8 Å². The van der Waals surface area contributed by atoms with Crippen molar-refractivity contribution in [1.82, 2.24) is 5.48 Å². The Kier molecular flexibility index (Phi) is 5.16. The Bertz CT molecular complexity index is 380. The van der Waals surface area contributed by atoms with Crippen LogP contribution in [0.1, 0.15) is 18.4 Å². The van der Waals surface area contributed by atoms with Gasteiger partial charge in [0.2, 0.25) is 0 Å². The van der Waals surface area contributed by atoms with Gasteiger partial charge < -0.3 is 14.7 Å². The minimum absolute atomic E-state index is 0.250. The summed E-state index contributed by atoms with van der Waals surface area (Å²) in [7, 11) is 1.63. The molecule has 0 spiro atoms. The Morgan fingerprint density at radius 2 is 2.17 bits per heavy atom. The van der Waals surface area contributed by atoms with Crippen LogP contribution in [-0.4, -0.2) is 29.9 Å². The fraction of sp³-hybridized carbons (Fsp3) is 0.538. The Morgan fingerprint density at radius 1 is 1.39 bits per heavy atom. The Morgan fingerprint density at radius 3 is 2.83 bits per heavy atom. The van der Waals surface area contributed by atoms with Crippen LogP contribution in [-0.2, 0) is 6.54 Å². The topological polar surface area (TPSA) is 50.7 Å². The fourth-order valence-electron chi connectivity index (χ4n) is 2.04. The first kappa shape index (κ1) is 13.5. The van der Waals surface area contributed by atoms with E-state index in [0.29, 0.717) is 6.54 Å². The first-order valence-corrected chi connectivity index (χ1v) is 7.28. The molecule has 100 valence electrons. The summed E-state index contributed by atoms with van der Waals surface area (Å²) in [4.78, 5) is 0. The van der Waals surface area contributed by atoms with Crippen LogP contribution in [0.4, 0.5) is 0 Å². The van der Waals surface area contributed by atoms with Crippen molar-refractivity contribution in [3.8, 4) is 11.5 Å². The maximum atomic E-state index is 8.86. The Balaban J connectivity index is 2.16. The quantitative estimate of drug-likeness (QED) is 0.804. The largest absolute Gasteiger partial charge is 0.493 e. The van der Waals surface area contributed by atoms with E-state index in [4.69, 9.17) is 14.7 Å². The van der Waals surface area contributed by atoms with Gasteiger partial charge in [-0.2, -0.15) is 11.8 Å². The SMILES string of the molecule is COc1cccc(CNO)c1OC1CCSCC1. The molecule has 1 aromatic carbocycles. The van der Waals surface area contributed by atoms with E-state index >= 15 is 0 Å². The third kappa shape index (κ3) is 3.31. The second-order valence-electron chi connectivity index (χ2n) is 4.21. The Labute approximate surface area is 112 Å². The molecule has 0 aliphatic carbocycles. The van der Waals surface area contributed by atoms with Crippen LogP contribution in [0.5, 0.6) is 11.5 Å². The lowest BCUT2D eigenvalue weighted by atomic mass is 10.1. The van der Waals surface area contributed by atoms with E-state index in [0.717, 1.165) is 41.4 Å². The molecule has 0 radical (unpaired) electrons. The van der Waals surface area contributed by atoms with Crippen molar-refractivity contribution in [1.29, 1.82) is 0 Å². The average molecular weight is 269 g/mol. The van der Waals surface area contributed by atoms with Crippen LogP contribution in [0.15, 0.2) is 18.2 Å². The molecular weight excluding hydrogens is 250 g/mol. The van der Waals surface area contributed by atoms with Gasteiger partial charge in [-0.05, 0) is 30.4 Å². The zero-order valence-corrected chi connectivity index (χ0v) is 11.3. The molecule has 1 aromatic rings. The molecule has 5 heteroatoms. The van der Waals surface area contributed by atoms with E-state index in [9.17, 15) is 0 Å². The number of rotatable bonds is 5. The smallest absolute Gasteiger partial charge is 0.166 e. The number of methoxy groups -OCH3 is 1. The van der Waals surface area contributed by atoms with Crippen LogP contribution in [0.3, 0.4) is 0 Å². The van der Waals surface area contributed by atoms with Crippen LogP contribution < -0.4 is 15.0 Å². The van der Waals surface area contributed by atoms with Crippen molar-refractivity contribution in [2.45, 2.75) is 25.5 Å². The predicted molar refractivity (Wildman–Crippen MR) is 72.6 cm³/mol. The number of thioether (sulfide) groups is 1. The van der Waals surface area contributed by atoms with Gasteiger partial charge in [-0.25, -0.2) is 5.48 Å². The van der Waals surface area contributed by atoms with Gasteiger partial charge in [-0.15, -0.1) is 0 Å². The van der Waals surface area contributed by atoms with Crippen molar-refractivity contribution in [3.63, 3.8) is 0 Å². The second-order valence-corrected chi connectivity index (χ2v) is 5.44. The number of hydroxylamine groups is 1. The van der Waals surface area contributed by atoms with Gasteiger partial charge in [0.05, 0.1) is 7.11 Å². The highest BCUT2D eigenvalue weighted by atomic mass is 32.2. The third-order valence-electron chi connectivity index (χ3n) is 3.00. The molecule has 2 N–H and O–H groups in total. The maximum absolute atomic E-state index is 8.86. The molecule has 0 amide bonds. The first-order valence-electron chi connectivity index (χ1n) is 6.12. The Hall–Kier alpha value is -0.910. The van der Waals surface area contributed by atoms with E-state index in [1.807, 2.05) is 30.0 Å². The molecular formula is C13H19NO3S. The highest BCUT2D eigenvalue weighted by Gasteiger charge is 2.19. The molecule has 1 heterocycles. The molecule has 1 aliphatic heterocycles. The van der Waals surface area contributed by atoms with Gasteiger partial charge in [0, 0.05) is 12.1 Å². The monoisotopic (exact) mass is 269 g/mol. The lowest BCUT2D eigenvalue weighted by Gasteiger charge is -2.25. The zero-order chi connectivity index (χ0) is 12.8. The normalized spacial score (nSPS) is 16.6. The first-order chi connectivity index (χ1) is 8.85. The summed E-state index contributed by atoms with van der Waals surface area (Å²) in [5.41, 5.74) is 3.09. The molecule has 0 bridgehead atoms. The molecule has 0 atom stereocenters. The third-order valence-corrected chi connectivity index (χ3v) is 4.05. The second kappa shape index (κ2) is 6.87. The number of nitrogens with one attached hydrogen (secondary N) is 1. The maximum Gasteiger partial charge on any atom is 0.166 e. The molecule has 0 saturated carbocycles. The van der Waals surface area contributed by atoms with E-state index in [-0.39, 0.29) is 6.10 Å². The van der Waals surface area contributed by atoms with Crippen molar-refractivity contribution < 1.29 is 14.7 Å². The van der Waals surface area contributed by atoms with E-state index in [2.05, 4.69) is 5.48 Å². The summed E-state index contributed by atoms with van der Waals surface area (Å²) in [5.74, 6) is 3.76. The average Bonchev–Trinajstić information content (AvgIpc) is 2.42. The molecule has 4 nitrogen and oxygen atoms in total. The van der Waals surface area contributed by atoms with Crippen molar-refractivity contribution >= 4 is 11.8 Å². The summed E-state index contributed by atoms with van der Waals surface area (Å²) in [6.07, 6.45) is 2.38. The number of hydrogen-bond donors (Lipinski definition) is 2. The molecule has 2 rings (SSSR count). The number of hydrogen-bond acceptors (Lipinski definition) is 5.